The molecule has 0 spiro atoms. The number of aliphatic hydroxyl groups excluding tert-OH is 1. The van der Waals surface area contributed by atoms with Crippen LogP contribution in [0.1, 0.15) is 12.5 Å². The van der Waals surface area contributed by atoms with Gasteiger partial charge in [0.25, 0.3) is 5.91 Å². The lowest BCUT2D eigenvalue weighted by molar-refractivity contribution is -0.137. The Hall–Kier alpha value is -2.53. The van der Waals surface area contributed by atoms with E-state index in [1.165, 1.54) is 13.0 Å². The summed E-state index contributed by atoms with van der Waals surface area (Å²) in [7, 11) is 0. The molecule has 1 aromatic carbocycles. The zero-order valence-electron chi connectivity index (χ0n) is 11.6. The topological polar surface area (TPSA) is 85.2 Å². The molecule has 5 nitrogen and oxygen atoms in total. The number of nitrogens with one attached hydrogen (secondary N) is 2. The third kappa shape index (κ3) is 5.46. The fourth-order valence-electron chi connectivity index (χ4n) is 1.45. The van der Waals surface area contributed by atoms with E-state index in [-0.39, 0.29) is 17.8 Å². The Kier molecular flexibility index (Phi) is 5.95. The van der Waals surface area contributed by atoms with Crippen molar-refractivity contribution in [2.75, 3.05) is 11.9 Å². The molecule has 0 saturated carbocycles. The average Bonchev–Trinajstić information content (AvgIpc) is 2.42. The Morgan fingerprint density at radius 2 is 2.18 bits per heavy atom. The Morgan fingerprint density at radius 3 is 2.73 bits per heavy atom. The molecule has 8 heteroatoms. The zero-order valence-corrected chi connectivity index (χ0v) is 11.6. The number of carbonyl (C=O) groups is 1. The Morgan fingerprint density at radius 1 is 1.50 bits per heavy atom. The normalized spacial score (nSPS) is 13.2. The first-order valence-corrected chi connectivity index (χ1v) is 6.24. The molecule has 118 valence electrons. The number of nitriles is 1. The predicted octanol–water partition coefficient (Wildman–Crippen LogP) is 2.02. The molecular weight excluding hydrogens is 299 g/mol. The minimum absolute atomic E-state index is 0.0727. The Balaban J connectivity index is 2.81. The zero-order chi connectivity index (χ0) is 16.8. The van der Waals surface area contributed by atoms with Gasteiger partial charge in [-0.15, -0.1) is 0 Å². The fraction of sp³-hybridized carbons (Fsp3) is 0.286. The SMILES string of the molecule is CC(O)CN/C=C(/C#N)C(=O)Nc1cccc(C(F)(F)F)c1. The van der Waals surface area contributed by atoms with Crippen molar-refractivity contribution in [2.45, 2.75) is 19.2 Å². The predicted molar refractivity (Wildman–Crippen MR) is 73.5 cm³/mol. The first-order chi connectivity index (χ1) is 10.2. The van der Waals surface area contributed by atoms with Crippen LogP contribution >= 0.6 is 0 Å². The summed E-state index contributed by atoms with van der Waals surface area (Å²) < 4.78 is 37.7. The summed E-state index contributed by atoms with van der Waals surface area (Å²) in [6.07, 6.45) is -4.11. The van der Waals surface area contributed by atoms with E-state index in [2.05, 4.69) is 10.6 Å². The van der Waals surface area contributed by atoms with Crippen LogP contribution in [0.4, 0.5) is 18.9 Å². The molecule has 0 bridgehead atoms. The molecule has 0 fully saturated rings. The highest BCUT2D eigenvalue weighted by molar-refractivity contribution is 6.06. The quantitative estimate of drug-likeness (QED) is 0.573. The van der Waals surface area contributed by atoms with Crippen LogP contribution in [0.2, 0.25) is 0 Å². The van der Waals surface area contributed by atoms with Gasteiger partial charge in [0.1, 0.15) is 11.6 Å². The summed E-state index contributed by atoms with van der Waals surface area (Å²) >= 11 is 0. The molecule has 1 aromatic rings. The summed E-state index contributed by atoms with van der Waals surface area (Å²) in [5.41, 5.74) is -1.30. The van der Waals surface area contributed by atoms with Crippen LogP contribution in [0, 0.1) is 11.3 Å². The maximum atomic E-state index is 12.6. The molecule has 0 aliphatic heterocycles. The van der Waals surface area contributed by atoms with Gasteiger partial charge in [0.2, 0.25) is 0 Å². The van der Waals surface area contributed by atoms with E-state index in [4.69, 9.17) is 10.4 Å². The first-order valence-electron chi connectivity index (χ1n) is 6.24. The summed E-state index contributed by atoms with van der Waals surface area (Å²) in [6.45, 7) is 1.64. The van der Waals surface area contributed by atoms with Gasteiger partial charge in [0.05, 0.1) is 11.7 Å². The Bertz CT molecular complexity index is 604. The molecule has 0 heterocycles. The second kappa shape index (κ2) is 7.47. The number of alkyl halides is 3. The van der Waals surface area contributed by atoms with Crippen LogP contribution in [0.3, 0.4) is 0 Å². The maximum Gasteiger partial charge on any atom is 0.416 e. The number of hydrogen-bond donors (Lipinski definition) is 3. The molecule has 0 saturated heterocycles. The number of hydrogen-bond acceptors (Lipinski definition) is 4. The second-order valence-electron chi connectivity index (χ2n) is 4.46. The second-order valence-corrected chi connectivity index (χ2v) is 4.46. The third-order valence-electron chi connectivity index (χ3n) is 2.47. The van der Waals surface area contributed by atoms with Gasteiger partial charge in [-0.25, -0.2) is 0 Å². The fourth-order valence-corrected chi connectivity index (χ4v) is 1.45. The standard InChI is InChI=1S/C14H14F3N3O2/c1-9(21)7-19-8-10(6-18)13(22)20-12-4-2-3-11(5-12)14(15,16)17/h2-5,8-9,19,21H,7H2,1H3,(H,20,22)/b10-8-. The number of rotatable bonds is 5. The number of nitrogens with zero attached hydrogens (tertiary/aromatic N) is 1. The van der Waals surface area contributed by atoms with Crippen LogP contribution < -0.4 is 10.6 Å². The van der Waals surface area contributed by atoms with E-state index in [9.17, 15) is 18.0 Å². The lowest BCUT2D eigenvalue weighted by Crippen LogP contribution is -2.22. The molecule has 22 heavy (non-hydrogen) atoms. The maximum absolute atomic E-state index is 12.6. The van der Waals surface area contributed by atoms with Gasteiger partial charge >= 0.3 is 6.18 Å². The number of carbonyl (C=O) groups excluding carboxylic acids is 1. The van der Waals surface area contributed by atoms with E-state index in [1.54, 1.807) is 6.07 Å². The highest BCUT2D eigenvalue weighted by Crippen LogP contribution is 2.30. The van der Waals surface area contributed by atoms with Crippen molar-refractivity contribution in [1.82, 2.24) is 5.32 Å². The van der Waals surface area contributed by atoms with Gasteiger partial charge in [-0.2, -0.15) is 18.4 Å². The molecule has 1 unspecified atom stereocenters. The summed E-state index contributed by atoms with van der Waals surface area (Å²) in [5, 5.41) is 22.7. The van der Waals surface area contributed by atoms with Crippen LogP contribution in [0.25, 0.3) is 0 Å². The van der Waals surface area contributed by atoms with Crippen molar-refractivity contribution in [3.05, 3.63) is 41.6 Å². The van der Waals surface area contributed by atoms with Crippen molar-refractivity contribution in [3.8, 4) is 6.07 Å². The Labute approximate surface area is 125 Å². The van der Waals surface area contributed by atoms with E-state index in [1.807, 2.05) is 0 Å². The molecule has 1 atom stereocenters. The van der Waals surface area contributed by atoms with Crippen molar-refractivity contribution in [2.24, 2.45) is 0 Å². The van der Waals surface area contributed by atoms with Gasteiger partial charge < -0.3 is 15.7 Å². The van der Waals surface area contributed by atoms with Gasteiger partial charge in [-0.1, -0.05) is 6.07 Å². The van der Waals surface area contributed by atoms with E-state index < -0.39 is 23.8 Å². The smallest absolute Gasteiger partial charge is 0.392 e. The highest BCUT2D eigenvalue weighted by atomic mass is 19.4. The minimum Gasteiger partial charge on any atom is -0.392 e. The third-order valence-corrected chi connectivity index (χ3v) is 2.47. The first kappa shape index (κ1) is 17.5. The summed E-state index contributed by atoms with van der Waals surface area (Å²) in [4.78, 5) is 11.8. The van der Waals surface area contributed by atoms with Gasteiger partial charge in [-0.05, 0) is 25.1 Å². The van der Waals surface area contributed by atoms with E-state index in [0.29, 0.717) is 0 Å². The van der Waals surface area contributed by atoms with E-state index >= 15 is 0 Å². The molecule has 0 radical (unpaired) electrons. The number of halogens is 3. The average molecular weight is 313 g/mol. The molecule has 0 aromatic heterocycles. The van der Waals surface area contributed by atoms with Gasteiger partial charge in [0, 0.05) is 18.4 Å². The lowest BCUT2D eigenvalue weighted by Gasteiger charge is -2.10. The van der Waals surface area contributed by atoms with E-state index in [0.717, 1.165) is 24.4 Å². The number of aliphatic hydroxyl groups is 1. The molecular formula is C14H14F3N3O2. The van der Waals surface area contributed by atoms with Crippen LogP contribution in [-0.2, 0) is 11.0 Å². The molecule has 0 aliphatic rings. The van der Waals surface area contributed by atoms with Crippen molar-refractivity contribution in [1.29, 1.82) is 5.26 Å². The molecule has 0 aliphatic carbocycles. The monoisotopic (exact) mass is 313 g/mol. The lowest BCUT2D eigenvalue weighted by atomic mass is 10.2. The molecule has 3 N–H and O–H groups in total. The highest BCUT2D eigenvalue weighted by Gasteiger charge is 2.30. The van der Waals surface area contributed by atoms with Crippen molar-refractivity contribution in [3.63, 3.8) is 0 Å². The minimum atomic E-state index is -4.52. The number of anilines is 1. The van der Waals surface area contributed by atoms with Gasteiger partial charge in [-0.3, -0.25) is 4.79 Å². The summed E-state index contributed by atoms with van der Waals surface area (Å²) in [6, 6.07) is 5.71. The van der Waals surface area contributed by atoms with Crippen LogP contribution in [0.5, 0.6) is 0 Å². The number of amides is 1. The molecule has 1 rings (SSSR count). The molecule has 1 amide bonds. The van der Waals surface area contributed by atoms with Gasteiger partial charge in [0.15, 0.2) is 0 Å². The largest absolute Gasteiger partial charge is 0.416 e. The summed E-state index contributed by atoms with van der Waals surface area (Å²) in [5.74, 6) is -0.847. The van der Waals surface area contributed by atoms with Crippen LogP contribution in [-0.4, -0.2) is 23.7 Å². The number of benzene rings is 1. The van der Waals surface area contributed by atoms with Crippen molar-refractivity contribution < 1.29 is 23.1 Å². The van der Waals surface area contributed by atoms with Crippen LogP contribution in [0.15, 0.2) is 36.0 Å². The van der Waals surface area contributed by atoms with Crippen molar-refractivity contribution >= 4 is 11.6 Å².